The van der Waals surface area contributed by atoms with Gasteiger partial charge in [0, 0.05) is 45.1 Å². The highest BCUT2D eigenvalue weighted by molar-refractivity contribution is 5.85. The Labute approximate surface area is 179 Å². The number of carbonyl (C=O) groups is 2. The first-order chi connectivity index (χ1) is 13.6. The van der Waals surface area contributed by atoms with Crippen LogP contribution in [-0.4, -0.2) is 63.3 Å². The van der Waals surface area contributed by atoms with E-state index in [1.54, 1.807) is 7.11 Å². The Bertz CT molecular complexity index is 674. The summed E-state index contributed by atoms with van der Waals surface area (Å²) in [6.07, 6.45) is 3.15. The number of hydrogen-bond donors (Lipinski definition) is 3. The number of amides is 3. The van der Waals surface area contributed by atoms with Crippen LogP contribution in [0.4, 0.5) is 4.79 Å². The van der Waals surface area contributed by atoms with Crippen molar-refractivity contribution in [3.05, 3.63) is 35.4 Å². The van der Waals surface area contributed by atoms with Crippen LogP contribution < -0.4 is 16.0 Å². The monoisotopic (exact) mass is 424 g/mol. The van der Waals surface area contributed by atoms with E-state index < -0.39 is 0 Å². The molecule has 3 amide bonds. The van der Waals surface area contributed by atoms with Crippen LogP contribution in [0.1, 0.15) is 30.4 Å². The molecular formula is C21H33ClN4O3. The minimum atomic E-state index is -0.100. The third-order valence-corrected chi connectivity index (χ3v) is 5.82. The molecule has 0 radical (unpaired) electrons. The number of piperidine rings is 1. The third kappa shape index (κ3) is 6.59. The van der Waals surface area contributed by atoms with Crippen LogP contribution in [0, 0.1) is 5.41 Å². The summed E-state index contributed by atoms with van der Waals surface area (Å²) in [5.41, 5.74) is 2.53. The molecule has 0 unspecified atom stereocenters. The summed E-state index contributed by atoms with van der Waals surface area (Å²) in [4.78, 5) is 26.4. The predicted octanol–water partition coefficient (Wildman–Crippen LogP) is 1.70. The van der Waals surface area contributed by atoms with Gasteiger partial charge in [0.25, 0.3) is 0 Å². The average molecular weight is 425 g/mol. The van der Waals surface area contributed by atoms with E-state index in [0.717, 1.165) is 32.4 Å². The molecule has 3 N–H and O–H groups in total. The number of nitrogens with one attached hydrogen (secondary N) is 3. The number of hydrogen-bond acceptors (Lipinski definition) is 4. The maximum atomic E-state index is 12.4. The lowest BCUT2D eigenvalue weighted by atomic mass is 9.79. The lowest BCUT2D eigenvalue weighted by molar-refractivity contribution is -0.121. The van der Waals surface area contributed by atoms with Crippen molar-refractivity contribution in [3.63, 3.8) is 0 Å². The van der Waals surface area contributed by atoms with E-state index in [2.05, 4.69) is 28.1 Å². The zero-order chi connectivity index (χ0) is 19.8. The van der Waals surface area contributed by atoms with Crippen molar-refractivity contribution in [2.24, 2.45) is 5.41 Å². The fourth-order valence-corrected chi connectivity index (χ4v) is 4.07. The average Bonchev–Trinajstić information content (AvgIpc) is 2.73. The Kier molecular flexibility index (Phi) is 9.20. The van der Waals surface area contributed by atoms with E-state index in [1.165, 1.54) is 11.1 Å². The smallest absolute Gasteiger partial charge is 0.317 e. The van der Waals surface area contributed by atoms with E-state index in [9.17, 15) is 9.59 Å². The highest BCUT2D eigenvalue weighted by atomic mass is 35.5. The van der Waals surface area contributed by atoms with Gasteiger partial charge in [0.2, 0.25) is 5.91 Å². The Balaban J connectivity index is 0.00000300. The SMILES string of the molecule is COCC1(CNC(=O)CCNC(=O)N2CCc3ccccc3C2)CCNCC1.Cl. The standard InChI is InChI=1S/C21H32N4O3.ClH/c1-28-16-21(8-11-22-12-9-21)15-24-19(26)6-10-23-20(27)25-13-7-17-4-2-3-5-18(17)14-25;/h2-5,22H,6-16H2,1H3,(H,23,27)(H,24,26);1H. The molecule has 1 fully saturated rings. The lowest BCUT2D eigenvalue weighted by Gasteiger charge is -2.37. The summed E-state index contributed by atoms with van der Waals surface area (Å²) < 4.78 is 5.38. The van der Waals surface area contributed by atoms with Gasteiger partial charge < -0.3 is 25.6 Å². The van der Waals surface area contributed by atoms with Gasteiger partial charge in [-0.2, -0.15) is 0 Å². The van der Waals surface area contributed by atoms with E-state index in [1.807, 2.05) is 17.0 Å². The van der Waals surface area contributed by atoms with Gasteiger partial charge in [-0.25, -0.2) is 4.79 Å². The zero-order valence-electron chi connectivity index (χ0n) is 17.2. The first kappa shape index (κ1) is 23.4. The quantitative estimate of drug-likeness (QED) is 0.622. The van der Waals surface area contributed by atoms with Crippen LogP contribution in [0.5, 0.6) is 0 Å². The van der Waals surface area contributed by atoms with Crippen molar-refractivity contribution in [3.8, 4) is 0 Å². The van der Waals surface area contributed by atoms with Gasteiger partial charge in [0.05, 0.1) is 6.61 Å². The topological polar surface area (TPSA) is 82.7 Å². The highest BCUT2D eigenvalue weighted by Gasteiger charge is 2.32. The Morgan fingerprint density at radius 3 is 2.62 bits per heavy atom. The maximum absolute atomic E-state index is 12.4. The van der Waals surface area contributed by atoms with Crippen molar-refractivity contribution in [1.29, 1.82) is 0 Å². The molecule has 0 saturated carbocycles. The van der Waals surface area contributed by atoms with Crippen LogP contribution in [-0.2, 0) is 22.5 Å². The summed E-state index contributed by atoms with van der Waals surface area (Å²) >= 11 is 0. The van der Waals surface area contributed by atoms with E-state index in [4.69, 9.17) is 4.74 Å². The molecule has 0 aliphatic carbocycles. The third-order valence-electron chi connectivity index (χ3n) is 5.82. The van der Waals surface area contributed by atoms with Crippen molar-refractivity contribution in [2.75, 3.05) is 46.4 Å². The van der Waals surface area contributed by atoms with Gasteiger partial charge in [-0.05, 0) is 43.5 Å². The number of methoxy groups -OCH3 is 1. The molecule has 2 aliphatic heterocycles. The van der Waals surface area contributed by atoms with Gasteiger partial charge in [-0.15, -0.1) is 12.4 Å². The van der Waals surface area contributed by atoms with Crippen LogP contribution in [0.2, 0.25) is 0 Å². The number of carbonyl (C=O) groups excluding carboxylic acids is 2. The molecule has 1 aromatic carbocycles. The van der Waals surface area contributed by atoms with Crippen molar-refractivity contribution >= 4 is 24.3 Å². The van der Waals surface area contributed by atoms with E-state index in [0.29, 0.717) is 32.8 Å². The number of urea groups is 1. The molecule has 1 saturated heterocycles. The van der Waals surface area contributed by atoms with Crippen LogP contribution in [0.15, 0.2) is 24.3 Å². The first-order valence-electron chi connectivity index (χ1n) is 10.2. The second kappa shape index (κ2) is 11.4. The Morgan fingerprint density at radius 1 is 1.17 bits per heavy atom. The minimum Gasteiger partial charge on any atom is -0.384 e. The second-order valence-electron chi connectivity index (χ2n) is 7.88. The molecule has 0 atom stereocenters. The molecule has 8 heteroatoms. The molecule has 7 nitrogen and oxygen atoms in total. The fourth-order valence-electron chi connectivity index (χ4n) is 4.07. The number of rotatable bonds is 7. The summed E-state index contributed by atoms with van der Waals surface area (Å²) in [7, 11) is 1.71. The van der Waals surface area contributed by atoms with E-state index in [-0.39, 0.29) is 36.2 Å². The number of halogens is 1. The molecule has 0 spiro atoms. The normalized spacial score (nSPS) is 17.6. The van der Waals surface area contributed by atoms with Crippen molar-refractivity contribution in [1.82, 2.24) is 20.9 Å². The predicted molar refractivity (Wildman–Crippen MR) is 115 cm³/mol. The molecule has 3 rings (SSSR count). The molecule has 162 valence electrons. The number of nitrogens with zero attached hydrogens (tertiary/aromatic N) is 1. The molecule has 29 heavy (non-hydrogen) atoms. The van der Waals surface area contributed by atoms with Crippen LogP contribution in [0.25, 0.3) is 0 Å². The number of benzene rings is 1. The highest BCUT2D eigenvalue weighted by Crippen LogP contribution is 2.28. The fraction of sp³-hybridized carbons (Fsp3) is 0.619. The molecule has 1 aromatic rings. The van der Waals surface area contributed by atoms with Gasteiger partial charge in [0.15, 0.2) is 0 Å². The molecule has 0 aromatic heterocycles. The molecular weight excluding hydrogens is 392 g/mol. The van der Waals surface area contributed by atoms with E-state index >= 15 is 0 Å². The lowest BCUT2D eigenvalue weighted by Crippen LogP contribution is -2.47. The van der Waals surface area contributed by atoms with Gasteiger partial charge in [0.1, 0.15) is 0 Å². The van der Waals surface area contributed by atoms with Gasteiger partial charge >= 0.3 is 6.03 Å². The number of fused-ring (bicyclic) bond motifs is 1. The largest absolute Gasteiger partial charge is 0.384 e. The summed E-state index contributed by atoms with van der Waals surface area (Å²) in [5.74, 6) is -0.0294. The van der Waals surface area contributed by atoms with Crippen molar-refractivity contribution < 1.29 is 14.3 Å². The Morgan fingerprint density at radius 2 is 1.90 bits per heavy atom. The molecule has 2 aliphatic rings. The summed E-state index contributed by atoms with van der Waals surface area (Å²) in [6.45, 7) is 4.87. The molecule has 2 heterocycles. The maximum Gasteiger partial charge on any atom is 0.317 e. The zero-order valence-corrected chi connectivity index (χ0v) is 18.0. The second-order valence-corrected chi connectivity index (χ2v) is 7.88. The van der Waals surface area contributed by atoms with Crippen molar-refractivity contribution in [2.45, 2.75) is 32.2 Å². The van der Waals surface area contributed by atoms with Crippen LogP contribution in [0.3, 0.4) is 0 Å². The minimum absolute atomic E-state index is 0. The first-order valence-corrected chi connectivity index (χ1v) is 10.2. The summed E-state index contributed by atoms with van der Waals surface area (Å²) in [5, 5.41) is 9.26. The van der Waals surface area contributed by atoms with Gasteiger partial charge in [-0.1, -0.05) is 24.3 Å². The summed E-state index contributed by atoms with van der Waals surface area (Å²) in [6, 6.07) is 8.13. The Hall–Kier alpha value is -1.83. The van der Waals surface area contributed by atoms with Crippen LogP contribution >= 0.6 is 12.4 Å². The van der Waals surface area contributed by atoms with Gasteiger partial charge in [-0.3, -0.25) is 4.79 Å². The molecule has 0 bridgehead atoms. The number of ether oxygens (including phenoxy) is 1.